The first-order chi connectivity index (χ1) is 10.6. The summed E-state index contributed by atoms with van der Waals surface area (Å²) in [6.07, 6.45) is 7.43. The first-order valence-electron chi connectivity index (χ1n) is 9.32. The highest BCUT2D eigenvalue weighted by atomic mass is 16.3. The molecule has 0 bridgehead atoms. The summed E-state index contributed by atoms with van der Waals surface area (Å²) in [5.74, 6) is 0.857. The van der Waals surface area contributed by atoms with E-state index < -0.39 is 12.2 Å². The van der Waals surface area contributed by atoms with Crippen LogP contribution in [0.4, 0.5) is 0 Å². The maximum Gasteiger partial charge on any atom is 0.0825 e. The first-order valence-corrected chi connectivity index (χ1v) is 9.32. The minimum Gasteiger partial charge on any atom is -0.394 e. The molecule has 0 amide bonds. The summed E-state index contributed by atoms with van der Waals surface area (Å²) in [7, 11) is 0. The second-order valence-corrected chi connectivity index (χ2v) is 9.56. The van der Waals surface area contributed by atoms with Crippen molar-refractivity contribution >= 4 is 0 Å². The van der Waals surface area contributed by atoms with Crippen LogP contribution in [0.5, 0.6) is 0 Å². The van der Waals surface area contributed by atoms with Gasteiger partial charge in [0.1, 0.15) is 0 Å². The SMILES string of the molecule is CC1(C)CCCC2C1=CCC1CC(C)(C(O)CO)CC(O)C12C. The predicted octanol–water partition coefficient (Wildman–Crippen LogP) is 3.28. The third-order valence-electron chi connectivity index (χ3n) is 7.77. The van der Waals surface area contributed by atoms with Crippen molar-refractivity contribution in [1.82, 2.24) is 0 Å². The summed E-state index contributed by atoms with van der Waals surface area (Å²) in [4.78, 5) is 0. The lowest BCUT2D eigenvalue weighted by molar-refractivity contribution is -0.157. The Labute approximate surface area is 140 Å². The van der Waals surface area contributed by atoms with Crippen molar-refractivity contribution in [3.05, 3.63) is 11.6 Å². The lowest BCUT2D eigenvalue weighted by Gasteiger charge is -2.61. The predicted molar refractivity (Wildman–Crippen MR) is 91.9 cm³/mol. The number of aliphatic hydroxyl groups excluding tert-OH is 3. The van der Waals surface area contributed by atoms with Gasteiger partial charge in [-0.05, 0) is 54.8 Å². The van der Waals surface area contributed by atoms with Crippen LogP contribution in [0.3, 0.4) is 0 Å². The fourth-order valence-corrected chi connectivity index (χ4v) is 6.00. The van der Waals surface area contributed by atoms with Crippen molar-refractivity contribution in [3.8, 4) is 0 Å². The molecule has 0 aromatic rings. The van der Waals surface area contributed by atoms with Gasteiger partial charge in [-0.25, -0.2) is 0 Å². The summed E-state index contributed by atoms with van der Waals surface area (Å²) in [5.41, 5.74) is 1.35. The molecule has 3 heteroatoms. The van der Waals surface area contributed by atoms with Crippen molar-refractivity contribution in [3.63, 3.8) is 0 Å². The lowest BCUT2D eigenvalue weighted by atomic mass is 9.45. The van der Waals surface area contributed by atoms with Gasteiger partial charge >= 0.3 is 0 Å². The van der Waals surface area contributed by atoms with E-state index >= 15 is 0 Å². The van der Waals surface area contributed by atoms with Gasteiger partial charge in [0.15, 0.2) is 0 Å². The molecule has 6 unspecified atom stereocenters. The second kappa shape index (κ2) is 5.57. The van der Waals surface area contributed by atoms with Crippen molar-refractivity contribution < 1.29 is 15.3 Å². The van der Waals surface area contributed by atoms with Gasteiger partial charge in [0.25, 0.3) is 0 Å². The molecule has 0 spiro atoms. The number of hydrogen-bond donors (Lipinski definition) is 3. The van der Waals surface area contributed by atoms with Crippen LogP contribution in [0, 0.1) is 28.1 Å². The molecule has 0 saturated heterocycles. The highest BCUT2D eigenvalue weighted by Gasteiger charge is 2.58. The Kier molecular flexibility index (Phi) is 4.23. The topological polar surface area (TPSA) is 60.7 Å². The van der Waals surface area contributed by atoms with Gasteiger partial charge in [-0.15, -0.1) is 0 Å². The summed E-state index contributed by atoms with van der Waals surface area (Å²) in [6, 6.07) is 0. The first kappa shape index (κ1) is 17.4. The van der Waals surface area contributed by atoms with E-state index in [0.717, 1.165) is 12.8 Å². The van der Waals surface area contributed by atoms with E-state index in [0.29, 0.717) is 18.3 Å². The van der Waals surface area contributed by atoms with Crippen LogP contribution in [-0.4, -0.2) is 34.1 Å². The number of fused-ring (bicyclic) bond motifs is 3. The van der Waals surface area contributed by atoms with Crippen LogP contribution in [0.15, 0.2) is 11.6 Å². The third kappa shape index (κ3) is 2.51. The molecule has 0 heterocycles. The van der Waals surface area contributed by atoms with Crippen LogP contribution < -0.4 is 0 Å². The lowest BCUT2D eigenvalue weighted by Crippen LogP contribution is -2.58. The molecule has 0 aromatic heterocycles. The van der Waals surface area contributed by atoms with E-state index in [1.807, 2.05) is 6.92 Å². The summed E-state index contributed by atoms with van der Waals surface area (Å²) in [6.45, 7) is 8.80. The van der Waals surface area contributed by atoms with Crippen molar-refractivity contribution in [1.29, 1.82) is 0 Å². The molecule has 23 heavy (non-hydrogen) atoms. The van der Waals surface area contributed by atoms with Gasteiger partial charge < -0.3 is 15.3 Å². The molecular weight excluding hydrogens is 288 g/mol. The second-order valence-electron chi connectivity index (χ2n) is 9.56. The fraction of sp³-hybridized carbons (Fsp3) is 0.900. The zero-order valence-electron chi connectivity index (χ0n) is 15.2. The molecule has 0 radical (unpaired) electrons. The highest BCUT2D eigenvalue weighted by Crippen LogP contribution is 2.63. The molecule has 3 rings (SSSR count). The van der Waals surface area contributed by atoms with Crippen molar-refractivity contribution in [2.24, 2.45) is 28.1 Å². The van der Waals surface area contributed by atoms with Gasteiger partial charge in [0.2, 0.25) is 0 Å². The van der Waals surface area contributed by atoms with Gasteiger partial charge in [0.05, 0.1) is 18.8 Å². The smallest absolute Gasteiger partial charge is 0.0825 e. The van der Waals surface area contributed by atoms with E-state index in [4.69, 9.17) is 0 Å². The average Bonchev–Trinajstić information content (AvgIpc) is 2.48. The van der Waals surface area contributed by atoms with Gasteiger partial charge in [-0.2, -0.15) is 0 Å². The van der Waals surface area contributed by atoms with E-state index in [-0.39, 0.29) is 22.9 Å². The van der Waals surface area contributed by atoms with Crippen molar-refractivity contribution in [2.45, 2.75) is 78.4 Å². The maximum atomic E-state index is 11.1. The molecule has 3 nitrogen and oxygen atoms in total. The molecule has 0 aromatic carbocycles. The third-order valence-corrected chi connectivity index (χ3v) is 7.77. The van der Waals surface area contributed by atoms with Gasteiger partial charge in [-0.3, -0.25) is 0 Å². The van der Waals surface area contributed by atoms with E-state index in [1.54, 1.807) is 5.57 Å². The summed E-state index contributed by atoms with van der Waals surface area (Å²) in [5, 5.41) is 30.8. The van der Waals surface area contributed by atoms with Crippen LogP contribution >= 0.6 is 0 Å². The highest BCUT2D eigenvalue weighted by molar-refractivity contribution is 5.27. The number of aliphatic hydroxyl groups is 3. The summed E-state index contributed by atoms with van der Waals surface area (Å²) >= 11 is 0. The Balaban J connectivity index is 1.96. The van der Waals surface area contributed by atoms with Crippen LogP contribution in [0.1, 0.15) is 66.2 Å². The average molecular weight is 322 g/mol. The molecule has 6 atom stereocenters. The largest absolute Gasteiger partial charge is 0.394 e. The minimum atomic E-state index is -0.741. The van der Waals surface area contributed by atoms with Gasteiger partial charge in [-0.1, -0.05) is 45.8 Å². The standard InChI is InChI=1S/C20H34O3/c1-18(2)9-5-6-15-14(18)8-7-13-10-19(3,17(23)12-21)11-16(22)20(13,15)4/h8,13,15-17,21-23H,5-7,9-12H2,1-4H3. The van der Waals surface area contributed by atoms with Crippen LogP contribution in [0.2, 0.25) is 0 Å². The maximum absolute atomic E-state index is 11.1. The Morgan fingerprint density at radius 2 is 1.91 bits per heavy atom. The van der Waals surface area contributed by atoms with Crippen LogP contribution in [-0.2, 0) is 0 Å². The molecule has 0 aliphatic heterocycles. The molecule has 3 N–H and O–H groups in total. The molecule has 3 aliphatic rings. The van der Waals surface area contributed by atoms with E-state index in [1.165, 1.54) is 19.3 Å². The van der Waals surface area contributed by atoms with Gasteiger partial charge in [0, 0.05) is 5.41 Å². The molecule has 132 valence electrons. The Hall–Kier alpha value is -0.380. The monoisotopic (exact) mass is 322 g/mol. The quantitative estimate of drug-likeness (QED) is 0.684. The van der Waals surface area contributed by atoms with Crippen LogP contribution in [0.25, 0.3) is 0 Å². The molecule has 3 aliphatic carbocycles. The zero-order chi connectivity index (χ0) is 17.0. The number of hydrogen-bond acceptors (Lipinski definition) is 3. The van der Waals surface area contributed by atoms with E-state index in [9.17, 15) is 15.3 Å². The Morgan fingerprint density at radius 3 is 2.57 bits per heavy atom. The molecular formula is C20H34O3. The number of allylic oxidation sites excluding steroid dienone is 2. The Bertz CT molecular complexity index is 497. The minimum absolute atomic E-state index is 0.0868. The zero-order valence-corrected chi connectivity index (χ0v) is 15.2. The normalized spacial score (nSPS) is 47.3. The molecule has 2 fully saturated rings. The fourth-order valence-electron chi connectivity index (χ4n) is 6.00. The Morgan fingerprint density at radius 1 is 1.22 bits per heavy atom. The number of rotatable bonds is 2. The molecule has 2 saturated carbocycles. The van der Waals surface area contributed by atoms with Crippen molar-refractivity contribution in [2.75, 3.05) is 6.61 Å². The summed E-state index contributed by atoms with van der Waals surface area (Å²) < 4.78 is 0. The van der Waals surface area contributed by atoms with E-state index in [2.05, 4.69) is 26.8 Å².